The Morgan fingerprint density at radius 2 is 1.48 bits per heavy atom. The van der Waals surface area contributed by atoms with Crippen molar-refractivity contribution in [1.29, 1.82) is 0 Å². The van der Waals surface area contributed by atoms with Gasteiger partial charge in [0.1, 0.15) is 22.5 Å². The van der Waals surface area contributed by atoms with Crippen LogP contribution in [0.15, 0.2) is 30.3 Å². The van der Waals surface area contributed by atoms with Gasteiger partial charge in [-0.25, -0.2) is 0 Å². The van der Waals surface area contributed by atoms with Crippen molar-refractivity contribution in [3.8, 4) is 0 Å². The van der Waals surface area contributed by atoms with Crippen LogP contribution in [0.3, 0.4) is 0 Å². The highest BCUT2D eigenvalue weighted by molar-refractivity contribution is 6.95. The summed E-state index contributed by atoms with van der Waals surface area (Å²) in [4.78, 5) is 14.6. The SMILES string of the molecule is CN1C(=O)C(N2[Si](C)(C)CC[Si]2(C)C)C1c1ccccc1. The summed E-state index contributed by atoms with van der Waals surface area (Å²) in [5, 5.41) is 0. The Balaban J connectivity index is 1.98. The van der Waals surface area contributed by atoms with Crippen molar-refractivity contribution >= 4 is 22.4 Å². The number of nitrogens with zero attached hydrogens (tertiary/aromatic N) is 2. The lowest BCUT2D eigenvalue weighted by Crippen LogP contribution is -2.72. The van der Waals surface area contributed by atoms with Crippen molar-refractivity contribution in [2.24, 2.45) is 0 Å². The number of benzene rings is 1. The number of amides is 1. The fraction of sp³-hybridized carbons (Fsp3) is 0.562. The van der Waals surface area contributed by atoms with E-state index >= 15 is 0 Å². The summed E-state index contributed by atoms with van der Waals surface area (Å²) in [6.07, 6.45) is 0. The van der Waals surface area contributed by atoms with Crippen LogP contribution in [0.5, 0.6) is 0 Å². The number of hydrogen-bond donors (Lipinski definition) is 0. The van der Waals surface area contributed by atoms with Crippen LogP contribution in [-0.4, -0.2) is 44.6 Å². The molecule has 0 radical (unpaired) electrons. The van der Waals surface area contributed by atoms with Crippen LogP contribution in [0.4, 0.5) is 0 Å². The van der Waals surface area contributed by atoms with Crippen molar-refractivity contribution in [3.63, 3.8) is 0 Å². The molecule has 5 heteroatoms. The van der Waals surface area contributed by atoms with E-state index in [4.69, 9.17) is 0 Å². The Morgan fingerprint density at radius 1 is 0.952 bits per heavy atom. The molecule has 0 N–H and O–H groups in total. The van der Waals surface area contributed by atoms with Gasteiger partial charge in [0.25, 0.3) is 0 Å². The summed E-state index contributed by atoms with van der Waals surface area (Å²) in [6.45, 7) is 9.79. The summed E-state index contributed by atoms with van der Waals surface area (Å²) in [5.74, 6) is 0.326. The number of likely N-dealkylation sites (tertiary alicyclic amines) is 1. The lowest BCUT2D eigenvalue weighted by Gasteiger charge is -2.56. The van der Waals surface area contributed by atoms with E-state index < -0.39 is 16.5 Å². The fourth-order valence-electron chi connectivity index (χ4n) is 4.34. The number of β-lactam (4-membered cyclic amide) rings is 1. The Bertz CT molecular complexity index is 543. The molecule has 1 aromatic carbocycles. The van der Waals surface area contributed by atoms with Gasteiger partial charge in [-0.15, -0.1) is 0 Å². The maximum Gasteiger partial charge on any atom is 0.241 e. The topological polar surface area (TPSA) is 23.6 Å². The van der Waals surface area contributed by atoms with E-state index in [2.05, 4.69) is 54.7 Å². The third-order valence-corrected chi connectivity index (χ3v) is 15.6. The van der Waals surface area contributed by atoms with Gasteiger partial charge in [0.05, 0.1) is 6.04 Å². The minimum atomic E-state index is -1.44. The Kier molecular flexibility index (Phi) is 3.42. The summed E-state index contributed by atoms with van der Waals surface area (Å²) in [5.41, 5.74) is 1.28. The smallest absolute Gasteiger partial charge is 0.241 e. The first kappa shape index (κ1) is 15.0. The van der Waals surface area contributed by atoms with Gasteiger partial charge in [0, 0.05) is 7.05 Å². The first-order valence-corrected chi connectivity index (χ1v) is 14.2. The molecular weight excluding hydrogens is 292 g/mol. The minimum absolute atomic E-state index is 0.100. The second-order valence-corrected chi connectivity index (χ2v) is 17.4. The summed E-state index contributed by atoms with van der Waals surface area (Å²) in [6, 6.07) is 13.6. The predicted octanol–water partition coefficient (Wildman–Crippen LogP) is 3.29. The molecule has 1 amide bonds. The molecule has 0 spiro atoms. The average molecular weight is 319 g/mol. The highest BCUT2D eigenvalue weighted by Gasteiger charge is 2.59. The molecule has 2 aliphatic rings. The molecule has 2 fully saturated rings. The molecule has 2 heterocycles. The largest absolute Gasteiger partial charge is 0.335 e. The van der Waals surface area contributed by atoms with Crippen molar-refractivity contribution in [2.75, 3.05) is 7.05 Å². The molecule has 114 valence electrons. The van der Waals surface area contributed by atoms with Crippen molar-refractivity contribution in [3.05, 3.63) is 35.9 Å². The summed E-state index contributed by atoms with van der Waals surface area (Å²) < 4.78 is 2.75. The van der Waals surface area contributed by atoms with Crippen molar-refractivity contribution in [2.45, 2.75) is 50.4 Å². The van der Waals surface area contributed by atoms with Gasteiger partial charge in [0.2, 0.25) is 5.91 Å². The van der Waals surface area contributed by atoms with Gasteiger partial charge in [-0.1, -0.05) is 56.5 Å². The molecule has 2 unspecified atom stereocenters. The second kappa shape index (κ2) is 4.79. The first-order chi connectivity index (χ1) is 9.76. The molecule has 3 nitrogen and oxygen atoms in total. The van der Waals surface area contributed by atoms with Gasteiger partial charge in [-0.05, 0) is 17.7 Å². The molecule has 3 rings (SSSR count). The third-order valence-electron chi connectivity index (χ3n) is 5.39. The predicted molar refractivity (Wildman–Crippen MR) is 92.2 cm³/mol. The highest BCUT2D eigenvalue weighted by atomic mass is 28.4. The molecule has 0 saturated carbocycles. The molecule has 0 bridgehead atoms. The molecule has 2 aliphatic heterocycles. The van der Waals surface area contributed by atoms with Crippen LogP contribution in [-0.2, 0) is 4.79 Å². The van der Waals surface area contributed by atoms with Gasteiger partial charge < -0.3 is 9.13 Å². The number of rotatable bonds is 2. The zero-order chi connectivity index (χ0) is 15.4. The zero-order valence-corrected chi connectivity index (χ0v) is 15.8. The van der Waals surface area contributed by atoms with E-state index in [1.54, 1.807) is 0 Å². The van der Waals surface area contributed by atoms with Gasteiger partial charge in [0.15, 0.2) is 0 Å². The minimum Gasteiger partial charge on any atom is -0.335 e. The van der Waals surface area contributed by atoms with Crippen LogP contribution in [0.2, 0.25) is 38.3 Å². The molecule has 21 heavy (non-hydrogen) atoms. The second-order valence-electron chi connectivity index (χ2n) is 7.74. The Morgan fingerprint density at radius 3 is 2.00 bits per heavy atom. The lowest BCUT2D eigenvalue weighted by molar-refractivity contribution is -0.151. The van der Waals surface area contributed by atoms with Crippen molar-refractivity contribution < 1.29 is 4.79 Å². The molecule has 0 aliphatic carbocycles. The van der Waals surface area contributed by atoms with E-state index in [-0.39, 0.29) is 12.1 Å². The van der Waals surface area contributed by atoms with Crippen LogP contribution in [0, 0.1) is 0 Å². The standard InChI is InChI=1S/C16H26N2OSi2/c1-17-14(13-9-7-6-8-10-13)15(16(17)19)18-20(2,3)11-12-21(18,4)5/h6-10,14-15H,11-12H2,1-5H3. The molecule has 2 atom stereocenters. The van der Waals surface area contributed by atoms with Crippen LogP contribution in [0.1, 0.15) is 11.6 Å². The molecule has 0 aromatic heterocycles. The highest BCUT2D eigenvalue weighted by Crippen LogP contribution is 2.46. The van der Waals surface area contributed by atoms with Gasteiger partial charge in [-0.3, -0.25) is 4.79 Å². The number of hydrogen-bond acceptors (Lipinski definition) is 2. The average Bonchev–Trinajstić information content (AvgIpc) is 2.66. The number of carbonyl (C=O) groups excluding carboxylic acids is 1. The zero-order valence-electron chi connectivity index (χ0n) is 13.8. The molecule has 1 aromatic rings. The first-order valence-electron chi connectivity index (χ1n) is 7.87. The Labute approximate surface area is 130 Å². The third kappa shape index (κ3) is 2.22. The lowest BCUT2D eigenvalue weighted by atomic mass is 9.90. The number of likely N-dealkylation sites (N-methyl/N-ethyl adjacent to an activating group) is 1. The van der Waals surface area contributed by atoms with Gasteiger partial charge >= 0.3 is 0 Å². The van der Waals surface area contributed by atoms with E-state index in [9.17, 15) is 4.79 Å². The fourth-order valence-corrected chi connectivity index (χ4v) is 19.0. The van der Waals surface area contributed by atoms with Crippen LogP contribution in [0.25, 0.3) is 0 Å². The van der Waals surface area contributed by atoms with Crippen molar-refractivity contribution in [1.82, 2.24) is 9.13 Å². The van der Waals surface area contributed by atoms with E-state index in [1.165, 1.54) is 17.7 Å². The van der Waals surface area contributed by atoms with E-state index in [1.807, 2.05) is 18.0 Å². The molecule has 2 saturated heterocycles. The van der Waals surface area contributed by atoms with E-state index in [0.29, 0.717) is 5.91 Å². The van der Waals surface area contributed by atoms with Gasteiger partial charge in [-0.2, -0.15) is 0 Å². The summed E-state index contributed by atoms with van der Waals surface area (Å²) >= 11 is 0. The number of carbonyl (C=O) groups is 1. The summed E-state index contributed by atoms with van der Waals surface area (Å²) in [7, 11) is -0.919. The normalized spacial score (nSPS) is 31.3. The maximum atomic E-state index is 12.6. The van der Waals surface area contributed by atoms with Crippen LogP contribution < -0.4 is 0 Å². The quantitative estimate of drug-likeness (QED) is 0.617. The maximum absolute atomic E-state index is 12.6. The molecular formula is C16H26N2OSi2. The van der Waals surface area contributed by atoms with Crippen LogP contribution >= 0.6 is 0 Å². The monoisotopic (exact) mass is 318 g/mol. The van der Waals surface area contributed by atoms with E-state index in [0.717, 1.165) is 0 Å². The Hall–Kier alpha value is -0.916.